The number of amides is 1. The van der Waals surface area contributed by atoms with Crippen LogP contribution in [0.15, 0.2) is 24.3 Å². The predicted molar refractivity (Wildman–Crippen MR) is 66.8 cm³/mol. The third-order valence-corrected chi connectivity index (χ3v) is 3.33. The summed E-state index contributed by atoms with van der Waals surface area (Å²) in [4.78, 5) is 13.7. The Morgan fingerprint density at radius 3 is 2.47 bits per heavy atom. The highest BCUT2D eigenvalue weighted by molar-refractivity contribution is 6.30. The Kier molecular flexibility index (Phi) is 4.02. The number of hydrogen-bond acceptors (Lipinski definition) is 2. The molecule has 4 heteroatoms. The first-order chi connectivity index (χ1) is 8.16. The van der Waals surface area contributed by atoms with Gasteiger partial charge >= 0.3 is 0 Å². The Morgan fingerprint density at radius 2 is 1.88 bits per heavy atom. The summed E-state index contributed by atoms with van der Waals surface area (Å²) in [7, 11) is 0. The van der Waals surface area contributed by atoms with Crippen molar-refractivity contribution in [3.05, 3.63) is 34.9 Å². The molecule has 0 radical (unpaired) electrons. The molecule has 1 N–H and O–H groups in total. The zero-order valence-electron chi connectivity index (χ0n) is 9.60. The lowest BCUT2D eigenvalue weighted by atomic mass is 10.1. The number of carbonyl (C=O) groups is 1. The van der Waals surface area contributed by atoms with Crippen LogP contribution < -0.4 is 0 Å². The van der Waals surface area contributed by atoms with Gasteiger partial charge in [-0.2, -0.15) is 0 Å². The number of likely N-dealkylation sites (tertiary alicyclic amines) is 1. The van der Waals surface area contributed by atoms with Crippen LogP contribution in [0, 0.1) is 0 Å². The topological polar surface area (TPSA) is 40.5 Å². The van der Waals surface area contributed by atoms with Gasteiger partial charge in [0, 0.05) is 18.1 Å². The molecule has 1 aliphatic rings. The Labute approximate surface area is 106 Å². The number of carbonyl (C=O) groups excluding carboxylic acids is 1. The summed E-state index contributed by atoms with van der Waals surface area (Å²) in [5.41, 5.74) is 0.738. The first-order valence-corrected chi connectivity index (χ1v) is 6.26. The quantitative estimate of drug-likeness (QED) is 0.899. The molecule has 0 saturated carbocycles. The van der Waals surface area contributed by atoms with Gasteiger partial charge in [0.15, 0.2) is 0 Å². The second kappa shape index (κ2) is 5.52. The van der Waals surface area contributed by atoms with Crippen LogP contribution in [-0.4, -0.2) is 29.0 Å². The Hall–Kier alpha value is -1.06. The van der Waals surface area contributed by atoms with Crippen molar-refractivity contribution in [1.82, 2.24) is 4.90 Å². The molecule has 2 rings (SSSR count). The van der Waals surface area contributed by atoms with Gasteiger partial charge in [0.2, 0.25) is 5.91 Å². The number of aliphatic hydroxyl groups excluding tert-OH is 1. The van der Waals surface area contributed by atoms with Crippen molar-refractivity contribution >= 4 is 17.5 Å². The summed E-state index contributed by atoms with van der Waals surface area (Å²) in [5.74, 6) is 0.0324. The molecule has 0 aromatic heterocycles. The van der Waals surface area contributed by atoms with Crippen molar-refractivity contribution in [3.8, 4) is 0 Å². The van der Waals surface area contributed by atoms with Crippen molar-refractivity contribution in [3.63, 3.8) is 0 Å². The van der Waals surface area contributed by atoms with E-state index in [1.165, 1.54) is 0 Å². The van der Waals surface area contributed by atoms with E-state index in [2.05, 4.69) is 0 Å². The molecule has 1 aromatic carbocycles. The van der Waals surface area contributed by atoms with Gasteiger partial charge < -0.3 is 10.0 Å². The number of hydrogen-bond donors (Lipinski definition) is 1. The average Bonchev–Trinajstić information content (AvgIpc) is 2.83. The fraction of sp³-hybridized carbons (Fsp3) is 0.462. The monoisotopic (exact) mass is 253 g/mol. The highest BCUT2D eigenvalue weighted by atomic mass is 35.5. The van der Waals surface area contributed by atoms with E-state index in [1.807, 2.05) is 4.90 Å². The largest absolute Gasteiger partial charge is 0.388 e. The van der Waals surface area contributed by atoms with Gasteiger partial charge in [-0.25, -0.2) is 0 Å². The fourth-order valence-electron chi connectivity index (χ4n) is 2.06. The average molecular weight is 254 g/mol. The normalized spacial score (nSPS) is 17.2. The fourth-order valence-corrected chi connectivity index (χ4v) is 2.19. The Morgan fingerprint density at radius 1 is 1.29 bits per heavy atom. The molecule has 1 unspecified atom stereocenters. The second-order valence-corrected chi connectivity index (χ2v) is 4.80. The zero-order chi connectivity index (χ0) is 12.3. The van der Waals surface area contributed by atoms with E-state index in [4.69, 9.17) is 11.6 Å². The molecule has 3 nitrogen and oxygen atoms in total. The Bertz CT molecular complexity index is 385. The molecule has 0 spiro atoms. The number of rotatable bonds is 3. The molecule has 1 aliphatic heterocycles. The van der Waals surface area contributed by atoms with Crippen LogP contribution >= 0.6 is 11.6 Å². The number of halogens is 1. The molecule has 17 heavy (non-hydrogen) atoms. The molecule has 0 bridgehead atoms. The first kappa shape index (κ1) is 12.4. The highest BCUT2D eigenvalue weighted by Gasteiger charge is 2.21. The smallest absolute Gasteiger partial charge is 0.225 e. The molecular weight excluding hydrogens is 238 g/mol. The minimum Gasteiger partial charge on any atom is -0.388 e. The minimum atomic E-state index is -0.736. The zero-order valence-corrected chi connectivity index (χ0v) is 10.4. The maximum absolute atomic E-state index is 11.8. The lowest BCUT2D eigenvalue weighted by Crippen LogP contribution is -2.28. The Balaban J connectivity index is 1.93. The summed E-state index contributed by atoms with van der Waals surface area (Å²) in [6.45, 7) is 1.65. The van der Waals surface area contributed by atoms with Crippen LogP contribution in [0.4, 0.5) is 0 Å². The van der Waals surface area contributed by atoms with Crippen molar-refractivity contribution < 1.29 is 9.90 Å². The van der Waals surface area contributed by atoms with Crippen molar-refractivity contribution in [1.29, 1.82) is 0 Å². The van der Waals surface area contributed by atoms with Crippen molar-refractivity contribution in [2.75, 3.05) is 13.1 Å². The standard InChI is InChI=1S/C13H16ClNO2/c14-11-5-3-10(4-6-11)12(16)9-13(17)15-7-1-2-8-15/h3-6,12,16H,1-2,7-9H2. The van der Waals surface area contributed by atoms with Gasteiger partial charge in [-0.05, 0) is 30.5 Å². The van der Waals surface area contributed by atoms with E-state index in [9.17, 15) is 9.90 Å². The molecule has 92 valence electrons. The van der Waals surface area contributed by atoms with Gasteiger partial charge in [0.25, 0.3) is 0 Å². The lowest BCUT2D eigenvalue weighted by Gasteiger charge is -2.18. The van der Waals surface area contributed by atoms with E-state index < -0.39 is 6.10 Å². The van der Waals surface area contributed by atoms with Gasteiger partial charge in [0.1, 0.15) is 0 Å². The van der Waals surface area contributed by atoms with E-state index in [0.29, 0.717) is 5.02 Å². The molecule has 0 aliphatic carbocycles. The van der Waals surface area contributed by atoms with Gasteiger partial charge in [0.05, 0.1) is 12.5 Å². The summed E-state index contributed by atoms with van der Waals surface area (Å²) in [5, 5.41) is 10.6. The van der Waals surface area contributed by atoms with E-state index in [1.54, 1.807) is 24.3 Å². The molecule has 1 saturated heterocycles. The van der Waals surface area contributed by atoms with Crippen LogP contribution in [-0.2, 0) is 4.79 Å². The third kappa shape index (κ3) is 3.20. The maximum Gasteiger partial charge on any atom is 0.225 e. The maximum atomic E-state index is 11.8. The lowest BCUT2D eigenvalue weighted by molar-refractivity contribution is -0.132. The van der Waals surface area contributed by atoms with Gasteiger partial charge in [-0.1, -0.05) is 23.7 Å². The van der Waals surface area contributed by atoms with Gasteiger partial charge in [-0.15, -0.1) is 0 Å². The number of nitrogens with zero attached hydrogens (tertiary/aromatic N) is 1. The van der Waals surface area contributed by atoms with Crippen LogP contribution in [0.5, 0.6) is 0 Å². The van der Waals surface area contributed by atoms with Crippen molar-refractivity contribution in [2.24, 2.45) is 0 Å². The molecule has 1 atom stereocenters. The molecule has 1 heterocycles. The number of aliphatic hydroxyl groups is 1. The van der Waals surface area contributed by atoms with Gasteiger partial charge in [-0.3, -0.25) is 4.79 Å². The molecular formula is C13H16ClNO2. The van der Waals surface area contributed by atoms with Crippen LogP contribution in [0.2, 0.25) is 5.02 Å². The molecule has 1 aromatic rings. The molecule has 1 fully saturated rings. The summed E-state index contributed by atoms with van der Waals surface area (Å²) in [6.07, 6.45) is 1.56. The van der Waals surface area contributed by atoms with Crippen LogP contribution in [0.3, 0.4) is 0 Å². The van der Waals surface area contributed by atoms with Crippen molar-refractivity contribution in [2.45, 2.75) is 25.4 Å². The van der Waals surface area contributed by atoms with Crippen LogP contribution in [0.25, 0.3) is 0 Å². The third-order valence-electron chi connectivity index (χ3n) is 3.08. The van der Waals surface area contributed by atoms with E-state index >= 15 is 0 Å². The van der Waals surface area contributed by atoms with E-state index in [-0.39, 0.29) is 12.3 Å². The summed E-state index contributed by atoms with van der Waals surface area (Å²) < 4.78 is 0. The SMILES string of the molecule is O=C(CC(O)c1ccc(Cl)cc1)N1CCCC1. The minimum absolute atomic E-state index is 0.0324. The summed E-state index contributed by atoms with van der Waals surface area (Å²) >= 11 is 5.77. The molecule has 1 amide bonds. The van der Waals surface area contributed by atoms with E-state index in [0.717, 1.165) is 31.5 Å². The van der Waals surface area contributed by atoms with Crippen LogP contribution in [0.1, 0.15) is 30.9 Å². The number of benzene rings is 1. The summed E-state index contributed by atoms with van der Waals surface area (Å²) in [6, 6.07) is 6.95. The second-order valence-electron chi connectivity index (χ2n) is 4.36. The first-order valence-electron chi connectivity index (χ1n) is 5.88. The highest BCUT2D eigenvalue weighted by Crippen LogP contribution is 2.21. The predicted octanol–water partition coefficient (Wildman–Crippen LogP) is 2.39.